The van der Waals surface area contributed by atoms with Gasteiger partial charge in [0.2, 0.25) is 0 Å². The average Bonchev–Trinajstić information content (AvgIpc) is 2.20. The van der Waals surface area contributed by atoms with Gasteiger partial charge in [-0.05, 0) is 12.1 Å². The number of rotatable bonds is 0. The molecule has 2 N–H and O–H groups in total. The van der Waals surface area contributed by atoms with Crippen LogP contribution >= 0.6 is 0 Å². The van der Waals surface area contributed by atoms with Gasteiger partial charge >= 0.3 is 0 Å². The molecular formula is C12H21NO. The van der Waals surface area contributed by atoms with Gasteiger partial charge in [-0.3, -0.25) is 0 Å². The highest BCUT2D eigenvalue weighted by molar-refractivity contribution is 5.35. The molecule has 0 amide bonds. The van der Waals surface area contributed by atoms with Crippen molar-refractivity contribution >= 4 is 5.69 Å². The van der Waals surface area contributed by atoms with Gasteiger partial charge in [0.1, 0.15) is 0 Å². The molecule has 80 valence electrons. The van der Waals surface area contributed by atoms with Crippen molar-refractivity contribution in [2.75, 3.05) is 18.9 Å². The Morgan fingerprint density at radius 1 is 1.14 bits per heavy atom. The molecule has 1 aromatic rings. The molecule has 0 unspecified atom stereocenters. The minimum Gasteiger partial charge on any atom is -0.399 e. The van der Waals surface area contributed by atoms with Gasteiger partial charge in [-0.2, -0.15) is 0 Å². The Morgan fingerprint density at radius 2 is 1.57 bits per heavy atom. The second-order valence-electron chi connectivity index (χ2n) is 3.05. The smallest absolute Gasteiger partial charge is 0.0513 e. The maximum absolute atomic E-state index is 5.36. The lowest BCUT2D eigenvalue weighted by molar-refractivity contribution is -0.0221. The van der Waals surface area contributed by atoms with Crippen LogP contribution in [-0.2, 0) is 4.74 Å². The van der Waals surface area contributed by atoms with Gasteiger partial charge in [0.25, 0.3) is 0 Å². The lowest BCUT2D eigenvalue weighted by Gasteiger charge is -2.20. The van der Waals surface area contributed by atoms with Crippen molar-refractivity contribution in [3.63, 3.8) is 0 Å². The summed E-state index contributed by atoms with van der Waals surface area (Å²) in [6.45, 7) is 8.16. The summed E-state index contributed by atoms with van der Waals surface area (Å²) in [5, 5.41) is 0. The summed E-state index contributed by atoms with van der Waals surface area (Å²) in [4.78, 5) is 0. The Kier molecular flexibility index (Phi) is 7.95. The number of hydrogen-bond acceptors (Lipinski definition) is 2. The van der Waals surface area contributed by atoms with Gasteiger partial charge in [0.05, 0.1) is 13.2 Å². The van der Waals surface area contributed by atoms with E-state index in [1.807, 2.05) is 44.2 Å². The second kappa shape index (κ2) is 8.57. The van der Waals surface area contributed by atoms with E-state index in [1.54, 1.807) is 0 Å². The Hall–Kier alpha value is -1.02. The van der Waals surface area contributed by atoms with Crippen LogP contribution in [0.3, 0.4) is 0 Å². The lowest BCUT2D eigenvalue weighted by Crippen LogP contribution is -2.23. The minimum atomic E-state index is 0.822. The van der Waals surface area contributed by atoms with Gasteiger partial charge in [-0.15, -0.1) is 0 Å². The molecule has 0 radical (unpaired) electrons. The monoisotopic (exact) mass is 195 g/mol. The normalized spacial score (nSPS) is 13.9. The summed E-state index contributed by atoms with van der Waals surface area (Å²) < 4.78 is 4.83. The van der Waals surface area contributed by atoms with Crippen LogP contribution in [0.5, 0.6) is 0 Å². The van der Waals surface area contributed by atoms with Gasteiger partial charge in [0, 0.05) is 11.6 Å². The number of anilines is 1. The first-order valence-corrected chi connectivity index (χ1v) is 5.17. The number of nitrogen functional groups attached to an aromatic ring is 1. The van der Waals surface area contributed by atoms with Crippen LogP contribution in [0.15, 0.2) is 30.3 Å². The molecule has 1 saturated heterocycles. The lowest BCUT2D eigenvalue weighted by atomic mass is 10.2. The Morgan fingerprint density at radius 3 is 1.71 bits per heavy atom. The standard InChI is InChI=1S/C6H7N.C4H8O.C2H6/c7-6-4-2-1-3-5-6;1-4-2-5-3-4;1-2/h1-5H,7H2;4H,2-3H2,1H3;1-2H3. The minimum absolute atomic E-state index is 0.822. The van der Waals surface area contributed by atoms with Crippen LogP contribution in [0.4, 0.5) is 5.69 Å². The molecular weight excluding hydrogens is 174 g/mol. The summed E-state index contributed by atoms with van der Waals surface area (Å²) in [7, 11) is 0. The SMILES string of the molecule is CC.CC1COC1.Nc1ccccc1. The third kappa shape index (κ3) is 6.49. The van der Waals surface area contributed by atoms with Crippen LogP contribution in [-0.4, -0.2) is 13.2 Å². The molecule has 1 heterocycles. The van der Waals surface area contributed by atoms with E-state index in [4.69, 9.17) is 10.5 Å². The summed E-state index contributed by atoms with van der Waals surface area (Å²) in [5.74, 6) is 0.843. The maximum Gasteiger partial charge on any atom is 0.0513 e. The molecule has 0 atom stereocenters. The molecule has 1 aliphatic rings. The highest BCUT2D eigenvalue weighted by Gasteiger charge is 2.09. The first-order valence-electron chi connectivity index (χ1n) is 5.17. The van der Waals surface area contributed by atoms with Crippen molar-refractivity contribution in [2.24, 2.45) is 5.92 Å². The largest absolute Gasteiger partial charge is 0.399 e. The van der Waals surface area contributed by atoms with Crippen molar-refractivity contribution in [1.82, 2.24) is 0 Å². The molecule has 1 aromatic carbocycles. The molecule has 2 nitrogen and oxygen atoms in total. The molecule has 1 fully saturated rings. The maximum atomic E-state index is 5.36. The average molecular weight is 195 g/mol. The van der Waals surface area contributed by atoms with Crippen molar-refractivity contribution in [3.05, 3.63) is 30.3 Å². The first-order chi connectivity index (χ1) is 6.79. The Labute approximate surface area is 87.1 Å². The predicted molar refractivity (Wildman–Crippen MR) is 62.2 cm³/mol. The Balaban J connectivity index is 0.000000213. The number of benzene rings is 1. The second-order valence-corrected chi connectivity index (χ2v) is 3.05. The molecule has 14 heavy (non-hydrogen) atoms. The molecule has 0 bridgehead atoms. The van der Waals surface area contributed by atoms with Crippen molar-refractivity contribution in [1.29, 1.82) is 0 Å². The van der Waals surface area contributed by atoms with Crippen LogP contribution in [0, 0.1) is 5.92 Å². The van der Waals surface area contributed by atoms with Gasteiger partial charge in [-0.1, -0.05) is 39.0 Å². The van der Waals surface area contributed by atoms with E-state index in [0.29, 0.717) is 0 Å². The van der Waals surface area contributed by atoms with Crippen molar-refractivity contribution < 1.29 is 4.74 Å². The van der Waals surface area contributed by atoms with E-state index in [2.05, 4.69) is 6.92 Å². The van der Waals surface area contributed by atoms with Crippen LogP contribution in [0.25, 0.3) is 0 Å². The molecule has 0 aromatic heterocycles. The Bertz CT molecular complexity index is 207. The highest BCUT2D eigenvalue weighted by Crippen LogP contribution is 2.05. The van der Waals surface area contributed by atoms with E-state index in [9.17, 15) is 0 Å². The quantitative estimate of drug-likeness (QED) is 0.646. The number of hydrogen-bond donors (Lipinski definition) is 1. The molecule has 0 saturated carbocycles. The van der Waals surface area contributed by atoms with Crippen LogP contribution in [0.1, 0.15) is 20.8 Å². The fraction of sp³-hybridized carbons (Fsp3) is 0.500. The van der Waals surface area contributed by atoms with E-state index in [1.165, 1.54) is 0 Å². The third-order valence-corrected chi connectivity index (χ3v) is 1.60. The van der Waals surface area contributed by atoms with Crippen LogP contribution in [0.2, 0.25) is 0 Å². The number of ether oxygens (including phenoxy) is 1. The fourth-order valence-corrected chi connectivity index (χ4v) is 0.807. The zero-order chi connectivity index (χ0) is 10.8. The molecule has 2 rings (SSSR count). The third-order valence-electron chi connectivity index (χ3n) is 1.60. The van der Waals surface area contributed by atoms with Crippen molar-refractivity contribution in [3.8, 4) is 0 Å². The van der Waals surface area contributed by atoms with Gasteiger partial charge in [-0.25, -0.2) is 0 Å². The summed E-state index contributed by atoms with van der Waals surface area (Å²) in [6.07, 6.45) is 0. The summed E-state index contributed by atoms with van der Waals surface area (Å²) in [5.41, 5.74) is 6.18. The zero-order valence-electron chi connectivity index (χ0n) is 9.36. The van der Waals surface area contributed by atoms with Gasteiger partial charge < -0.3 is 10.5 Å². The van der Waals surface area contributed by atoms with E-state index in [-0.39, 0.29) is 0 Å². The number of para-hydroxylation sites is 1. The van der Waals surface area contributed by atoms with E-state index < -0.39 is 0 Å². The van der Waals surface area contributed by atoms with Gasteiger partial charge in [0.15, 0.2) is 0 Å². The van der Waals surface area contributed by atoms with Crippen molar-refractivity contribution in [2.45, 2.75) is 20.8 Å². The molecule has 0 spiro atoms. The molecule has 0 aliphatic carbocycles. The van der Waals surface area contributed by atoms with Crippen LogP contribution < -0.4 is 5.73 Å². The fourth-order valence-electron chi connectivity index (χ4n) is 0.807. The number of nitrogens with two attached hydrogens (primary N) is 1. The zero-order valence-corrected chi connectivity index (χ0v) is 9.36. The summed E-state index contributed by atoms with van der Waals surface area (Å²) in [6, 6.07) is 9.49. The molecule has 2 heteroatoms. The summed E-state index contributed by atoms with van der Waals surface area (Å²) >= 11 is 0. The predicted octanol–water partition coefficient (Wildman–Crippen LogP) is 2.95. The molecule has 1 aliphatic heterocycles. The first kappa shape index (κ1) is 13.0. The highest BCUT2D eigenvalue weighted by atomic mass is 16.5. The topological polar surface area (TPSA) is 35.2 Å². The van der Waals surface area contributed by atoms with E-state index >= 15 is 0 Å². The van der Waals surface area contributed by atoms with E-state index in [0.717, 1.165) is 24.8 Å².